The number of nitrogens with one attached hydrogen (secondary N) is 1. The predicted octanol–water partition coefficient (Wildman–Crippen LogP) is 4.51. The van der Waals surface area contributed by atoms with Gasteiger partial charge < -0.3 is 14.8 Å². The summed E-state index contributed by atoms with van der Waals surface area (Å²) in [5, 5.41) is 2.21. The maximum Gasteiger partial charge on any atom is 0.407 e. The Hall–Kier alpha value is -3.22. The van der Waals surface area contributed by atoms with Gasteiger partial charge in [-0.05, 0) is 49.4 Å². The van der Waals surface area contributed by atoms with Gasteiger partial charge in [-0.1, -0.05) is 48.5 Å². The summed E-state index contributed by atoms with van der Waals surface area (Å²) in [4.78, 5) is 35.3. The molecule has 1 N–H and O–H groups in total. The van der Waals surface area contributed by atoms with Crippen molar-refractivity contribution >= 4 is 18.1 Å². The molecule has 1 atom stereocenters. The number of halogens is 1. The summed E-state index contributed by atoms with van der Waals surface area (Å²) >= 11 is 0. The molecule has 0 aromatic heterocycles. The minimum atomic E-state index is -1.74. The molecule has 0 heterocycles. The molecule has 0 fully saturated rings. The Morgan fingerprint density at radius 1 is 1.00 bits per heavy atom. The summed E-state index contributed by atoms with van der Waals surface area (Å²) in [6.07, 6.45) is -1.34. The average molecular weight is 427 g/mol. The summed E-state index contributed by atoms with van der Waals surface area (Å²) in [6.45, 7) is 5.16. The van der Waals surface area contributed by atoms with Gasteiger partial charge in [-0.25, -0.2) is 4.79 Å². The van der Waals surface area contributed by atoms with Crippen LogP contribution in [0.5, 0.6) is 0 Å². The van der Waals surface area contributed by atoms with E-state index in [1.807, 2.05) is 48.5 Å². The summed E-state index contributed by atoms with van der Waals surface area (Å²) in [5.74, 6) is -0.729. The molecule has 7 heteroatoms. The number of hydrogen-bond acceptors (Lipinski definition) is 5. The maximum absolute atomic E-state index is 13.4. The summed E-state index contributed by atoms with van der Waals surface area (Å²) in [5.41, 5.74) is 3.56. The Morgan fingerprint density at radius 3 is 2.06 bits per heavy atom. The highest BCUT2D eigenvalue weighted by molar-refractivity contribution is 5.82. The van der Waals surface area contributed by atoms with Gasteiger partial charge in [-0.15, -0.1) is 0 Å². The van der Waals surface area contributed by atoms with Gasteiger partial charge in [0, 0.05) is 12.3 Å². The van der Waals surface area contributed by atoms with E-state index in [-0.39, 0.29) is 25.4 Å². The minimum Gasteiger partial charge on any atom is -0.460 e. The Bertz CT molecular complexity index is 936. The number of carbonyl (C=O) groups is 3. The molecule has 0 radical (unpaired) electrons. The van der Waals surface area contributed by atoms with Gasteiger partial charge >= 0.3 is 18.1 Å². The third kappa shape index (κ3) is 5.69. The zero-order chi connectivity index (χ0) is 22.6. The lowest BCUT2D eigenvalue weighted by molar-refractivity contribution is -0.155. The second kappa shape index (κ2) is 9.29. The van der Waals surface area contributed by atoms with Crippen molar-refractivity contribution in [2.24, 2.45) is 0 Å². The number of alkyl carbamates (subject to hydrolysis) is 1. The molecule has 0 aliphatic heterocycles. The van der Waals surface area contributed by atoms with Crippen LogP contribution < -0.4 is 5.32 Å². The van der Waals surface area contributed by atoms with E-state index in [9.17, 15) is 18.8 Å². The van der Waals surface area contributed by atoms with Gasteiger partial charge in [0.05, 0.1) is 0 Å². The number of carbonyl (C=O) groups excluding carboxylic acids is 3. The molecule has 2 aromatic carbocycles. The maximum atomic E-state index is 13.4. The Kier molecular flexibility index (Phi) is 6.73. The van der Waals surface area contributed by atoms with E-state index in [0.717, 1.165) is 22.3 Å². The smallest absolute Gasteiger partial charge is 0.407 e. The molecule has 0 bridgehead atoms. The number of benzene rings is 2. The lowest BCUT2D eigenvalue weighted by atomic mass is 9.98. The molecule has 1 aliphatic carbocycles. The monoisotopic (exact) mass is 427 g/mol. The van der Waals surface area contributed by atoms with E-state index in [0.29, 0.717) is 0 Å². The third-order valence-corrected chi connectivity index (χ3v) is 4.97. The van der Waals surface area contributed by atoms with Crippen molar-refractivity contribution in [2.45, 2.75) is 51.2 Å². The molecule has 0 saturated carbocycles. The van der Waals surface area contributed by atoms with Crippen molar-refractivity contribution in [3.63, 3.8) is 0 Å². The van der Waals surface area contributed by atoms with E-state index >= 15 is 0 Å². The molecule has 0 spiro atoms. The molecular formula is C24H26FNO5. The van der Waals surface area contributed by atoms with Crippen molar-refractivity contribution in [1.82, 2.24) is 5.32 Å². The van der Waals surface area contributed by atoms with Gasteiger partial charge in [-0.3, -0.25) is 9.59 Å². The van der Waals surface area contributed by atoms with Gasteiger partial charge in [0.1, 0.15) is 18.2 Å². The topological polar surface area (TPSA) is 81.7 Å². The zero-order valence-electron chi connectivity index (χ0n) is 17.8. The third-order valence-electron chi connectivity index (χ3n) is 4.97. The van der Waals surface area contributed by atoms with Gasteiger partial charge in [0.25, 0.3) is 0 Å². The second-order valence-electron chi connectivity index (χ2n) is 8.45. The summed E-state index contributed by atoms with van der Waals surface area (Å²) in [6, 6.07) is 12.5. The highest BCUT2D eigenvalue weighted by Gasteiger charge is 2.30. The lowest BCUT2D eigenvalue weighted by Gasteiger charge is -2.20. The fourth-order valence-corrected chi connectivity index (χ4v) is 3.68. The van der Waals surface area contributed by atoms with Crippen molar-refractivity contribution < 1.29 is 28.2 Å². The van der Waals surface area contributed by atoms with Crippen LogP contribution in [0.15, 0.2) is 48.5 Å². The molecule has 164 valence electrons. The van der Waals surface area contributed by atoms with Crippen molar-refractivity contribution in [3.05, 3.63) is 59.7 Å². The first-order valence-electron chi connectivity index (χ1n) is 10.2. The fraction of sp³-hybridized carbons (Fsp3) is 0.375. The first-order valence-corrected chi connectivity index (χ1v) is 10.2. The summed E-state index contributed by atoms with van der Waals surface area (Å²) < 4.78 is 23.8. The fourth-order valence-electron chi connectivity index (χ4n) is 3.68. The van der Waals surface area contributed by atoms with E-state index in [4.69, 9.17) is 9.47 Å². The Balaban J connectivity index is 1.59. The quantitative estimate of drug-likeness (QED) is 0.519. The van der Waals surface area contributed by atoms with Crippen LogP contribution in [0.2, 0.25) is 0 Å². The van der Waals surface area contributed by atoms with Crippen molar-refractivity contribution in [3.8, 4) is 11.1 Å². The van der Waals surface area contributed by atoms with Crippen LogP contribution in [0.25, 0.3) is 11.1 Å². The Labute approximate surface area is 180 Å². The molecule has 6 nitrogen and oxygen atoms in total. The van der Waals surface area contributed by atoms with Crippen molar-refractivity contribution in [1.29, 1.82) is 0 Å². The zero-order valence-corrected chi connectivity index (χ0v) is 17.8. The molecule has 0 saturated heterocycles. The number of ether oxygens (including phenoxy) is 2. The first kappa shape index (κ1) is 22.5. The van der Waals surface area contributed by atoms with E-state index < -0.39 is 29.7 Å². The number of rotatable bonds is 7. The number of amides is 1. The normalized spacial score (nSPS) is 13.7. The lowest BCUT2D eigenvalue weighted by Crippen LogP contribution is -2.40. The van der Waals surface area contributed by atoms with Gasteiger partial charge in [0.15, 0.2) is 0 Å². The summed E-state index contributed by atoms with van der Waals surface area (Å²) in [7, 11) is 0. The standard InChI is InChI=1S/C24H26FNO5/c1-24(2,3)31-21(27)13-12-20(22(25)28)26-23(29)30-14-19-17-10-6-4-8-15(17)16-9-5-7-11-18(16)19/h4-11,19-20H,12-14H2,1-3H3,(H,26,29)/t20-/m0/s1. The molecule has 0 unspecified atom stereocenters. The molecule has 2 aromatic rings. The highest BCUT2D eigenvalue weighted by atomic mass is 19.1. The van der Waals surface area contributed by atoms with Crippen LogP contribution in [0.4, 0.5) is 9.18 Å². The van der Waals surface area contributed by atoms with Gasteiger partial charge in [0.2, 0.25) is 0 Å². The second-order valence-corrected chi connectivity index (χ2v) is 8.45. The van der Waals surface area contributed by atoms with Crippen LogP contribution in [-0.4, -0.2) is 36.3 Å². The first-order chi connectivity index (χ1) is 14.7. The SMILES string of the molecule is CC(C)(C)OC(=O)CC[C@H](NC(=O)OCC1c2ccccc2-c2ccccc21)C(=O)F. The average Bonchev–Trinajstić information content (AvgIpc) is 3.02. The molecular weight excluding hydrogens is 401 g/mol. The van der Waals surface area contributed by atoms with Crippen LogP contribution in [0.1, 0.15) is 50.7 Å². The van der Waals surface area contributed by atoms with Crippen LogP contribution in [-0.2, 0) is 19.1 Å². The number of fused-ring (bicyclic) bond motifs is 3. The van der Waals surface area contributed by atoms with Gasteiger partial charge in [-0.2, -0.15) is 4.39 Å². The molecule has 31 heavy (non-hydrogen) atoms. The highest BCUT2D eigenvalue weighted by Crippen LogP contribution is 2.44. The largest absolute Gasteiger partial charge is 0.460 e. The molecule has 1 amide bonds. The predicted molar refractivity (Wildman–Crippen MR) is 113 cm³/mol. The van der Waals surface area contributed by atoms with Crippen LogP contribution in [0, 0.1) is 0 Å². The molecule has 3 rings (SSSR count). The minimum absolute atomic E-state index is 0.0408. The van der Waals surface area contributed by atoms with Crippen LogP contribution in [0.3, 0.4) is 0 Å². The van der Waals surface area contributed by atoms with E-state index in [1.54, 1.807) is 20.8 Å². The van der Waals surface area contributed by atoms with Crippen LogP contribution >= 0.6 is 0 Å². The number of hydrogen-bond donors (Lipinski definition) is 1. The molecule has 1 aliphatic rings. The van der Waals surface area contributed by atoms with E-state index in [2.05, 4.69) is 5.32 Å². The number of esters is 1. The van der Waals surface area contributed by atoms with Crippen molar-refractivity contribution in [2.75, 3.05) is 6.61 Å². The van der Waals surface area contributed by atoms with E-state index in [1.165, 1.54) is 0 Å². The Morgan fingerprint density at radius 2 is 1.55 bits per heavy atom.